The lowest BCUT2D eigenvalue weighted by Gasteiger charge is -2.43. The van der Waals surface area contributed by atoms with Crippen molar-refractivity contribution in [1.82, 2.24) is 4.90 Å². The van der Waals surface area contributed by atoms with E-state index in [-0.39, 0.29) is 5.54 Å². The van der Waals surface area contributed by atoms with Crippen LogP contribution >= 0.6 is 0 Å². The Bertz CT molecular complexity index is 196. The highest BCUT2D eigenvalue weighted by Crippen LogP contribution is 2.26. The van der Waals surface area contributed by atoms with Crippen molar-refractivity contribution in [1.29, 1.82) is 0 Å². The molecule has 0 aliphatic carbocycles. The van der Waals surface area contributed by atoms with Crippen LogP contribution in [0.4, 0.5) is 0 Å². The summed E-state index contributed by atoms with van der Waals surface area (Å²) in [7, 11) is 0. The maximum atomic E-state index is 11.2. The SMILES string of the molecule is O=CC1(N2CCOCC2)CCOCC1. The second-order valence-corrected chi connectivity index (χ2v) is 3.93. The van der Waals surface area contributed by atoms with Gasteiger partial charge in [0.25, 0.3) is 0 Å². The van der Waals surface area contributed by atoms with Crippen molar-refractivity contribution in [2.75, 3.05) is 39.5 Å². The molecule has 0 aromatic rings. The lowest BCUT2D eigenvalue weighted by atomic mass is 9.89. The molecule has 14 heavy (non-hydrogen) atoms. The molecule has 80 valence electrons. The molecule has 0 bridgehead atoms. The van der Waals surface area contributed by atoms with Gasteiger partial charge in [0.05, 0.1) is 18.8 Å². The van der Waals surface area contributed by atoms with Gasteiger partial charge >= 0.3 is 0 Å². The third-order valence-electron chi connectivity index (χ3n) is 3.22. The summed E-state index contributed by atoms with van der Waals surface area (Å²) in [4.78, 5) is 13.5. The second-order valence-electron chi connectivity index (χ2n) is 3.93. The fourth-order valence-corrected chi connectivity index (χ4v) is 2.24. The molecular formula is C10H17NO3. The minimum Gasteiger partial charge on any atom is -0.381 e. The van der Waals surface area contributed by atoms with E-state index >= 15 is 0 Å². The molecule has 2 aliphatic heterocycles. The smallest absolute Gasteiger partial charge is 0.140 e. The highest BCUT2D eigenvalue weighted by Gasteiger charge is 2.38. The average Bonchev–Trinajstić information content (AvgIpc) is 2.31. The molecule has 4 heteroatoms. The number of carbonyl (C=O) groups is 1. The highest BCUT2D eigenvalue weighted by molar-refractivity contribution is 5.64. The monoisotopic (exact) mass is 199 g/mol. The van der Waals surface area contributed by atoms with E-state index in [0.29, 0.717) is 13.2 Å². The largest absolute Gasteiger partial charge is 0.381 e. The normalized spacial score (nSPS) is 28.6. The van der Waals surface area contributed by atoms with Crippen molar-refractivity contribution >= 4 is 6.29 Å². The molecule has 0 atom stereocenters. The van der Waals surface area contributed by atoms with Gasteiger partial charge in [0, 0.05) is 26.3 Å². The topological polar surface area (TPSA) is 38.8 Å². The minimum absolute atomic E-state index is 0.262. The molecule has 0 aromatic carbocycles. The number of carbonyl (C=O) groups excluding carboxylic acids is 1. The van der Waals surface area contributed by atoms with Gasteiger partial charge in [-0.05, 0) is 12.8 Å². The second kappa shape index (κ2) is 4.38. The van der Waals surface area contributed by atoms with Gasteiger partial charge in [-0.25, -0.2) is 0 Å². The standard InChI is InChI=1S/C10H17NO3/c12-9-10(1-5-13-6-2-10)11-3-7-14-8-4-11/h9H,1-8H2. The van der Waals surface area contributed by atoms with E-state index in [0.717, 1.165) is 45.4 Å². The summed E-state index contributed by atoms with van der Waals surface area (Å²) in [6.07, 6.45) is 2.77. The van der Waals surface area contributed by atoms with Crippen LogP contribution < -0.4 is 0 Å². The quantitative estimate of drug-likeness (QED) is 0.590. The van der Waals surface area contributed by atoms with Crippen LogP contribution in [-0.4, -0.2) is 56.2 Å². The molecule has 4 nitrogen and oxygen atoms in total. The lowest BCUT2D eigenvalue weighted by Crippen LogP contribution is -2.57. The molecule has 0 saturated carbocycles. The van der Waals surface area contributed by atoms with Crippen LogP contribution in [0.2, 0.25) is 0 Å². The zero-order chi connectivity index (χ0) is 9.86. The summed E-state index contributed by atoms with van der Waals surface area (Å²) >= 11 is 0. The van der Waals surface area contributed by atoms with Crippen molar-refractivity contribution in [3.63, 3.8) is 0 Å². The summed E-state index contributed by atoms with van der Waals surface area (Å²) in [5, 5.41) is 0. The summed E-state index contributed by atoms with van der Waals surface area (Å²) in [6.45, 7) is 4.65. The van der Waals surface area contributed by atoms with Gasteiger partial charge in [0.1, 0.15) is 6.29 Å². The van der Waals surface area contributed by atoms with Gasteiger partial charge in [-0.15, -0.1) is 0 Å². The number of hydrogen-bond acceptors (Lipinski definition) is 4. The molecule has 2 saturated heterocycles. The zero-order valence-electron chi connectivity index (χ0n) is 8.41. The van der Waals surface area contributed by atoms with Gasteiger partial charge in [-0.2, -0.15) is 0 Å². The summed E-state index contributed by atoms with van der Waals surface area (Å²) in [6, 6.07) is 0. The summed E-state index contributed by atoms with van der Waals surface area (Å²) < 4.78 is 10.6. The molecule has 2 heterocycles. The Hall–Kier alpha value is -0.450. The number of nitrogens with zero attached hydrogens (tertiary/aromatic N) is 1. The molecule has 0 unspecified atom stereocenters. The van der Waals surface area contributed by atoms with E-state index in [9.17, 15) is 4.79 Å². The van der Waals surface area contributed by atoms with Gasteiger partial charge in [0.2, 0.25) is 0 Å². The third kappa shape index (κ3) is 1.82. The van der Waals surface area contributed by atoms with E-state index < -0.39 is 0 Å². The van der Waals surface area contributed by atoms with Crippen molar-refractivity contribution in [2.45, 2.75) is 18.4 Å². The Kier molecular flexibility index (Phi) is 3.15. The molecule has 2 aliphatic rings. The van der Waals surface area contributed by atoms with Crippen LogP contribution in [0.3, 0.4) is 0 Å². The van der Waals surface area contributed by atoms with E-state index in [4.69, 9.17) is 9.47 Å². The van der Waals surface area contributed by atoms with Crippen molar-refractivity contribution in [2.24, 2.45) is 0 Å². The Morgan fingerprint density at radius 3 is 2.14 bits per heavy atom. The Balaban J connectivity index is 2.04. The highest BCUT2D eigenvalue weighted by atomic mass is 16.5. The molecule has 0 radical (unpaired) electrons. The van der Waals surface area contributed by atoms with Crippen LogP contribution in [0.1, 0.15) is 12.8 Å². The summed E-state index contributed by atoms with van der Waals surface area (Å²) in [5.74, 6) is 0. The first-order valence-electron chi connectivity index (χ1n) is 5.24. The van der Waals surface area contributed by atoms with Gasteiger partial charge in [-0.3, -0.25) is 4.90 Å². The number of hydrogen-bond donors (Lipinski definition) is 0. The number of aldehydes is 1. The molecule has 2 fully saturated rings. The predicted octanol–water partition coefficient (Wildman–Crippen LogP) is 0.0667. The van der Waals surface area contributed by atoms with E-state index in [1.54, 1.807) is 0 Å². The first kappa shape index (κ1) is 10.1. The minimum atomic E-state index is -0.262. The molecular weight excluding hydrogens is 182 g/mol. The molecule has 0 N–H and O–H groups in total. The summed E-state index contributed by atoms with van der Waals surface area (Å²) in [5.41, 5.74) is -0.262. The molecule has 2 rings (SSSR count). The first-order chi connectivity index (χ1) is 6.87. The lowest BCUT2D eigenvalue weighted by molar-refractivity contribution is -0.130. The fourth-order valence-electron chi connectivity index (χ4n) is 2.24. The van der Waals surface area contributed by atoms with E-state index in [1.165, 1.54) is 0 Å². The Morgan fingerprint density at radius 1 is 1.00 bits per heavy atom. The molecule has 0 spiro atoms. The van der Waals surface area contributed by atoms with Crippen LogP contribution in [0.15, 0.2) is 0 Å². The third-order valence-corrected chi connectivity index (χ3v) is 3.22. The average molecular weight is 199 g/mol. The van der Waals surface area contributed by atoms with Crippen LogP contribution in [0.25, 0.3) is 0 Å². The molecule has 0 aromatic heterocycles. The number of rotatable bonds is 2. The maximum absolute atomic E-state index is 11.2. The van der Waals surface area contributed by atoms with Crippen molar-refractivity contribution in [3.05, 3.63) is 0 Å². The first-order valence-corrected chi connectivity index (χ1v) is 5.24. The van der Waals surface area contributed by atoms with Crippen molar-refractivity contribution < 1.29 is 14.3 Å². The van der Waals surface area contributed by atoms with Crippen LogP contribution in [0, 0.1) is 0 Å². The number of ether oxygens (including phenoxy) is 2. The Labute approximate surface area is 84.2 Å². The van der Waals surface area contributed by atoms with Gasteiger partial charge in [0.15, 0.2) is 0 Å². The number of morpholine rings is 1. The van der Waals surface area contributed by atoms with Gasteiger partial charge < -0.3 is 14.3 Å². The van der Waals surface area contributed by atoms with E-state index in [1.807, 2.05) is 0 Å². The molecule has 0 amide bonds. The van der Waals surface area contributed by atoms with Gasteiger partial charge in [-0.1, -0.05) is 0 Å². The zero-order valence-corrected chi connectivity index (χ0v) is 8.41. The van der Waals surface area contributed by atoms with E-state index in [2.05, 4.69) is 4.90 Å². The van der Waals surface area contributed by atoms with Crippen LogP contribution in [-0.2, 0) is 14.3 Å². The Morgan fingerprint density at radius 2 is 1.57 bits per heavy atom. The maximum Gasteiger partial charge on any atom is 0.140 e. The van der Waals surface area contributed by atoms with Crippen molar-refractivity contribution in [3.8, 4) is 0 Å². The fraction of sp³-hybridized carbons (Fsp3) is 0.900. The predicted molar refractivity (Wildman–Crippen MR) is 51.2 cm³/mol. The van der Waals surface area contributed by atoms with Crippen LogP contribution in [0.5, 0.6) is 0 Å².